The Kier molecular flexibility index (Phi) is 5.79. The van der Waals surface area contributed by atoms with E-state index in [4.69, 9.17) is 4.74 Å². The Hall–Kier alpha value is -4.33. The van der Waals surface area contributed by atoms with E-state index in [1.807, 2.05) is 25.1 Å². The number of rotatable bonds is 7. The molecule has 8 nitrogen and oxygen atoms in total. The van der Waals surface area contributed by atoms with Crippen LogP contribution in [0, 0.1) is 6.92 Å². The number of ketones is 1. The van der Waals surface area contributed by atoms with Gasteiger partial charge in [-0.1, -0.05) is 30.3 Å². The normalized spacial score (nSPS) is 10.5. The number of benzene rings is 2. The molecule has 0 saturated heterocycles. The van der Waals surface area contributed by atoms with Crippen molar-refractivity contribution in [2.45, 2.75) is 6.92 Å². The molecule has 0 bridgehead atoms. The van der Waals surface area contributed by atoms with E-state index in [1.165, 1.54) is 6.33 Å². The average molecular weight is 413 g/mol. The van der Waals surface area contributed by atoms with Crippen LogP contribution in [-0.4, -0.2) is 37.8 Å². The van der Waals surface area contributed by atoms with Crippen LogP contribution in [-0.2, 0) is 4.79 Å². The maximum absolute atomic E-state index is 12.4. The standard InChI is InChI=1S/C23H19N5O3/c1-16-24-11-12-28(16)21-13-20(25-15-26-21)27-22(29)14-31-19-9-7-18(8-10-19)23(30)17-5-3-2-4-6-17/h2-13,15H,14H2,1H3,(H,25,26,27,29). The Labute approximate surface area is 178 Å². The van der Waals surface area contributed by atoms with Crippen molar-refractivity contribution in [1.82, 2.24) is 19.5 Å². The number of imidazole rings is 1. The fourth-order valence-electron chi connectivity index (χ4n) is 2.95. The molecule has 0 spiro atoms. The molecule has 0 unspecified atom stereocenters. The van der Waals surface area contributed by atoms with E-state index in [0.717, 1.165) is 5.82 Å². The molecule has 0 aliphatic rings. The Morgan fingerprint density at radius 3 is 2.42 bits per heavy atom. The smallest absolute Gasteiger partial charge is 0.263 e. The summed E-state index contributed by atoms with van der Waals surface area (Å²) in [6.45, 7) is 1.66. The van der Waals surface area contributed by atoms with E-state index in [2.05, 4.69) is 20.3 Å². The van der Waals surface area contributed by atoms with Crippen molar-refractivity contribution in [3.8, 4) is 11.6 Å². The van der Waals surface area contributed by atoms with E-state index in [-0.39, 0.29) is 18.3 Å². The number of carbonyl (C=O) groups is 2. The van der Waals surface area contributed by atoms with Gasteiger partial charge in [0.25, 0.3) is 5.91 Å². The quantitative estimate of drug-likeness (QED) is 0.467. The number of ether oxygens (including phenoxy) is 1. The zero-order valence-corrected chi connectivity index (χ0v) is 16.7. The van der Waals surface area contributed by atoms with Crippen molar-refractivity contribution < 1.29 is 14.3 Å². The van der Waals surface area contributed by atoms with Gasteiger partial charge < -0.3 is 10.1 Å². The van der Waals surface area contributed by atoms with E-state index < -0.39 is 0 Å². The molecule has 0 aliphatic heterocycles. The minimum atomic E-state index is -0.364. The second-order valence-electron chi connectivity index (χ2n) is 6.66. The zero-order valence-electron chi connectivity index (χ0n) is 16.7. The van der Waals surface area contributed by atoms with Gasteiger partial charge in [0, 0.05) is 29.6 Å². The molecular weight excluding hydrogens is 394 g/mol. The summed E-state index contributed by atoms with van der Waals surface area (Å²) in [6.07, 6.45) is 4.81. The Bertz CT molecular complexity index is 1200. The first-order valence-corrected chi connectivity index (χ1v) is 9.55. The van der Waals surface area contributed by atoms with Gasteiger partial charge in [-0.05, 0) is 31.2 Å². The molecular formula is C23H19N5O3. The van der Waals surface area contributed by atoms with Gasteiger partial charge in [-0.3, -0.25) is 14.2 Å². The highest BCUT2D eigenvalue weighted by Gasteiger charge is 2.10. The molecule has 4 aromatic rings. The number of amides is 1. The maximum atomic E-state index is 12.4. The summed E-state index contributed by atoms with van der Waals surface area (Å²) in [7, 11) is 0. The van der Waals surface area contributed by atoms with Gasteiger partial charge in [0.15, 0.2) is 12.4 Å². The molecule has 4 rings (SSSR count). The SMILES string of the molecule is Cc1nccn1-c1cc(NC(=O)COc2ccc(C(=O)c3ccccc3)cc2)ncn1. The topological polar surface area (TPSA) is 99.0 Å². The molecule has 0 saturated carbocycles. The maximum Gasteiger partial charge on any atom is 0.263 e. The number of aromatic nitrogens is 4. The summed E-state index contributed by atoms with van der Waals surface area (Å²) < 4.78 is 7.30. The van der Waals surface area contributed by atoms with Gasteiger partial charge >= 0.3 is 0 Å². The fourth-order valence-corrected chi connectivity index (χ4v) is 2.95. The van der Waals surface area contributed by atoms with E-state index in [1.54, 1.807) is 59.4 Å². The van der Waals surface area contributed by atoms with Crippen molar-refractivity contribution in [2.24, 2.45) is 0 Å². The summed E-state index contributed by atoms with van der Waals surface area (Å²) in [5.41, 5.74) is 1.16. The van der Waals surface area contributed by atoms with Crippen molar-refractivity contribution in [3.05, 3.63) is 96.3 Å². The lowest BCUT2D eigenvalue weighted by Gasteiger charge is -2.09. The second kappa shape index (κ2) is 9.00. The lowest BCUT2D eigenvalue weighted by Crippen LogP contribution is -2.21. The first-order valence-electron chi connectivity index (χ1n) is 9.55. The lowest BCUT2D eigenvalue weighted by atomic mass is 10.0. The first kappa shape index (κ1) is 20.0. The van der Waals surface area contributed by atoms with Crippen molar-refractivity contribution in [3.63, 3.8) is 0 Å². The summed E-state index contributed by atoms with van der Waals surface area (Å²) >= 11 is 0. The van der Waals surface area contributed by atoms with Gasteiger partial charge in [0.1, 0.15) is 29.5 Å². The van der Waals surface area contributed by atoms with Gasteiger partial charge in [-0.15, -0.1) is 0 Å². The Balaban J connectivity index is 1.34. The monoisotopic (exact) mass is 413 g/mol. The summed E-state index contributed by atoms with van der Waals surface area (Å²) in [5.74, 6) is 1.77. The first-order chi connectivity index (χ1) is 15.1. The number of nitrogens with one attached hydrogen (secondary N) is 1. The summed E-state index contributed by atoms with van der Waals surface area (Å²) in [6, 6.07) is 17.4. The highest BCUT2D eigenvalue weighted by atomic mass is 16.5. The van der Waals surface area contributed by atoms with Crippen LogP contribution in [0.4, 0.5) is 5.82 Å². The molecule has 1 N–H and O–H groups in total. The summed E-state index contributed by atoms with van der Waals surface area (Å²) in [4.78, 5) is 37.1. The molecule has 2 heterocycles. The largest absolute Gasteiger partial charge is 0.484 e. The molecule has 0 atom stereocenters. The van der Waals surface area contributed by atoms with E-state index in [0.29, 0.717) is 28.5 Å². The van der Waals surface area contributed by atoms with Gasteiger partial charge in [-0.25, -0.2) is 15.0 Å². The minimum Gasteiger partial charge on any atom is -0.484 e. The fraction of sp³-hybridized carbons (Fsp3) is 0.0870. The van der Waals surface area contributed by atoms with Crippen LogP contribution in [0.25, 0.3) is 5.82 Å². The van der Waals surface area contributed by atoms with Gasteiger partial charge in [-0.2, -0.15) is 0 Å². The molecule has 154 valence electrons. The number of hydrogen-bond acceptors (Lipinski definition) is 6. The molecule has 8 heteroatoms. The Morgan fingerprint density at radius 2 is 1.71 bits per heavy atom. The minimum absolute atomic E-state index is 0.0717. The van der Waals surface area contributed by atoms with E-state index in [9.17, 15) is 9.59 Å². The highest BCUT2D eigenvalue weighted by Crippen LogP contribution is 2.16. The Morgan fingerprint density at radius 1 is 0.968 bits per heavy atom. The number of carbonyl (C=O) groups excluding carboxylic acids is 2. The van der Waals surface area contributed by atoms with Crippen LogP contribution < -0.4 is 10.1 Å². The van der Waals surface area contributed by atoms with Crippen LogP contribution in [0.1, 0.15) is 21.7 Å². The predicted molar refractivity (Wildman–Crippen MR) is 114 cm³/mol. The molecule has 31 heavy (non-hydrogen) atoms. The predicted octanol–water partition coefficient (Wildman–Crippen LogP) is 3.22. The van der Waals surface area contributed by atoms with Crippen molar-refractivity contribution in [1.29, 1.82) is 0 Å². The second-order valence-corrected chi connectivity index (χ2v) is 6.66. The van der Waals surface area contributed by atoms with Crippen LogP contribution in [0.5, 0.6) is 5.75 Å². The van der Waals surface area contributed by atoms with Crippen molar-refractivity contribution in [2.75, 3.05) is 11.9 Å². The molecule has 0 radical (unpaired) electrons. The van der Waals surface area contributed by atoms with E-state index >= 15 is 0 Å². The third kappa shape index (κ3) is 4.81. The van der Waals surface area contributed by atoms with Gasteiger partial charge in [0.05, 0.1) is 0 Å². The molecule has 0 fully saturated rings. The lowest BCUT2D eigenvalue weighted by molar-refractivity contribution is -0.118. The van der Waals surface area contributed by atoms with Crippen molar-refractivity contribution >= 4 is 17.5 Å². The highest BCUT2D eigenvalue weighted by molar-refractivity contribution is 6.09. The third-order valence-corrected chi connectivity index (χ3v) is 4.52. The van der Waals surface area contributed by atoms with Crippen LogP contribution in [0.15, 0.2) is 79.4 Å². The average Bonchev–Trinajstić information content (AvgIpc) is 3.24. The van der Waals surface area contributed by atoms with Gasteiger partial charge in [0.2, 0.25) is 0 Å². The third-order valence-electron chi connectivity index (χ3n) is 4.52. The zero-order chi connectivity index (χ0) is 21.6. The number of hydrogen-bond donors (Lipinski definition) is 1. The number of anilines is 1. The molecule has 2 aromatic heterocycles. The van der Waals surface area contributed by atoms with Crippen LogP contribution in [0.3, 0.4) is 0 Å². The number of nitrogens with zero attached hydrogens (tertiary/aromatic N) is 4. The summed E-state index contributed by atoms with van der Waals surface area (Å²) in [5, 5.41) is 2.68. The van der Waals surface area contributed by atoms with Crippen LogP contribution in [0.2, 0.25) is 0 Å². The van der Waals surface area contributed by atoms with Crippen LogP contribution >= 0.6 is 0 Å². The molecule has 0 aliphatic carbocycles. The molecule has 1 amide bonds. The molecule has 2 aromatic carbocycles. The number of aryl methyl sites for hydroxylation is 1.